The SMILES string of the molecule is CCOC(=O)Oc1ccc(C(=O)N2CCC(CNC(=O)CC3CCOCC3)CC2)cc1. The largest absolute Gasteiger partial charge is 0.513 e. The van der Waals surface area contributed by atoms with Crippen molar-refractivity contribution in [2.45, 2.75) is 39.0 Å². The normalized spacial score (nSPS) is 17.8. The lowest BCUT2D eigenvalue weighted by atomic mass is 9.94. The van der Waals surface area contributed by atoms with Gasteiger partial charge in [0, 0.05) is 44.8 Å². The third-order valence-electron chi connectivity index (χ3n) is 5.87. The molecule has 2 amide bonds. The van der Waals surface area contributed by atoms with E-state index in [2.05, 4.69) is 5.32 Å². The fourth-order valence-electron chi connectivity index (χ4n) is 3.97. The van der Waals surface area contributed by atoms with E-state index in [9.17, 15) is 14.4 Å². The molecule has 1 aromatic carbocycles. The molecule has 1 aromatic rings. The molecule has 0 aromatic heterocycles. The Balaban J connectivity index is 1.38. The number of nitrogens with one attached hydrogen (secondary N) is 1. The van der Waals surface area contributed by atoms with E-state index in [1.165, 1.54) is 0 Å². The van der Waals surface area contributed by atoms with Crippen molar-refractivity contribution >= 4 is 18.0 Å². The van der Waals surface area contributed by atoms with Crippen molar-refractivity contribution in [3.05, 3.63) is 29.8 Å². The summed E-state index contributed by atoms with van der Waals surface area (Å²) in [5, 5.41) is 3.07. The molecule has 1 N–H and O–H groups in total. The van der Waals surface area contributed by atoms with Crippen LogP contribution >= 0.6 is 0 Å². The number of benzene rings is 1. The molecule has 2 aliphatic heterocycles. The summed E-state index contributed by atoms with van der Waals surface area (Å²) < 4.78 is 15.1. The van der Waals surface area contributed by atoms with E-state index in [1.807, 2.05) is 4.90 Å². The van der Waals surface area contributed by atoms with Crippen LogP contribution in [0, 0.1) is 11.8 Å². The van der Waals surface area contributed by atoms with Gasteiger partial charge in [0.25, 0.3) is 5.91 Å². The predicted octanol–water partition coefficient (Wildman–Crippen LogP) is 3.01. The highest BCUT2D eigenvalue weighted by Gasteiger charge is 2.24. The van der Waals surface area contributed by atoms with Gasteiger partial charge in [0.05, 0.1) is 6.61 Å². The molecule has 2 aliphatic rings. The summed E-state index contributed by atoms with van der Waals surface area (Å²) >= 11 is 0. The molecular weight excluding hydrogens is 400 g/mol. The van der Waals surface area contributed by atoms with E-state index in [0.717, 1.165) is 38.9 Å². The lowest BCUT2D eigenvalue weighted by Crippen LogP contribution is -2.41. The number of piperidine rings is 1. The molecule has 0 atom stereocenters. The number of likely N-dealkylation sites (tertiary alicyclic amines) is 1. The molecule has 31 heavy (non-hydrogen) atoms. The summed E-state index contributed by atoms with van der Waals surface area (Å²) in [6.45, 7) is 5.46. The minimum atomic E-state index is -0.761. The van der Waals surface area contributed by atoms with Gasteiger partial charge in [0.1, 0.15) is 5.75 Å². The highest BCUT2D eigenvalue weighted by molar-refractivity contribution is 5.94. The number of amides is 2. The monoisotopic (exact) mass is 432 g/mol. The zero-order valence-electron chi connectivity index (χ0n) is 18.1. The molecular formula is C23H32N2O6. The highest BCUT2D eigenvalue weighted by atomic mass is 16.7. The first-order valence-electron chi connectivity index (χ1n) is 11.1. The summed E-state index contributed by atoms with van der Waals surface area (Å²) in [6.07, 6.45) is 3.48. The minimum Gasteiger partial charge on any atom is -0.434 e. The molecule has 0 unspecified atom stereocenters. The molecule has 2 saturated heterocycles. The van der Waals surface area contributed by atoms with Crippen LogP contribution in [0.4, 0.5) is 4.79 Å². The maximum Gasteiger partial charge on any atom is 0.513 e. The van der Waals surface area contributed by atoms with E-state index in [-0.39, 0.29) is 18.4 Å². The van der Waals surface area contributed by atoms with Crippen LogP contribution in [0.1, 0.15) is 49.4 Å². The third-order valence-corrected chi connectivity index (χ3v) is 5.87. The van der Waals surface area contributed by atoms with Crippen LogP contribution in [0.3, 0.4) is 0 Å². The van der Waals surface area contributed by atoms with Crippen LogP contribution in [-0.2, 0) is 14.3 Å². The quantitative estimate of drug-likeness (QED) is 0.526. The number of carbonyl (C=O) groups excluding carboxylic acids is 3. The predicted molar refractivity (Wildman–Crippen MR) is 114 cm³/mol. The number of hydrogen-bond acceptors (Lipinski definition) is 6. The van der Waals surface area contributed by atoms with Gasteiger partial charge >= 0.3 is 6.16 Å². The van der Waals surface area contributed by atoms with Gasteiger partial charge in [-0.3, -0.25) is 9.59 Å². The smallest absolute Gasteiger partial charge is 0.434 e. The average Bonchev–Trinajstić information content (AvgIpc) is 2.79. The van der Waals surface area contributed by atoms with Crippen LogP contribution < -0.4 is 10.1 Å². The summed E-state index contributed by atoms with van der Waals surface area (Å²) in [5.74, 6) is 1.25. The Bertz CT molecular complexity index is 737. The van der Waals surface area contributed by atoms with E-state index < -0.39 is 6.16 Å². The number of nitrogens with zero attached hydrogens (tertiary/aromatic N) is 1. The molecule has 0 bridgehead atoms. The zero-order chi connectivity index (χ0) is 22.1. The second-order valence-corrected chi connectivity index (χ2v) is 8.11. The number of carbonyl (C=O) groups is 3. The van der Waals surface area contributed by atoms with Crippen LogP contribution in [-0.4, -0.2) is 62.3 Å². The van der Waals surface area contributed by atoms with Crippen molar-refractivity contribution in [1.82, 2.24) is 10.2 Å². The Morgan fingerprint density at radius 2 is 1.71 bits per heavy atom. The van der Waals surface area contributed by atoms with Gasteiger partial charge in [-0.2, -0.15) is 0 Å². The zero-order valence-corrected chi connectivity index (χ0v) is 18.1. The molecule has 8 heteroatoms. The minimum absolute atomic E-state index is 0.0373. The van der Waals surface area contributed by atoms with E-state index in [0.29, 0.717) is 49.2 Å². The second-order valence-electron chi connectivity index (χ2n) is 8.11. The van der Waals surface area contributed by atoms with Gasteiger partial charge in [0.2, 0.25) is 5.91 Å². The first-order chi connectivity index (χ1) is 15.0. The second kappa shape index (κ2) is 11.7. The first kappa shape index (κ1) is 23.1. The standard InChI is InChI=1S/C23H32N2O6/c1-2-30-23(28)31-20-5-3-19(4-6-20)22(27)25-11-7-18(8-12-25)16-24-21(26)15-17-9-13-29-14-10-17/h3-6,17-18H,2,7-16H2,1H3,(H,24,26). The summed E-state index contributed by atoms with van der Waals surface area (Å²) in [7, 11) is 0. The fraction of sp³-hybridized carbons (Fsp3) is 0.609. The number of hydrogen-bond donors (Lipinski definition) is 1. The van der Waals surface area contributed by atoms with Crippen molar-refractivity contribution in [3.63, 3.8) is 0 Å². The lowest BCUT2D eigenvalue weighted by Gasteiger charge is -2.32. The third kappa shape index (κ3) is 7.24. The van der Waals surface area contributed by atoms with E-state index in [1.54, 1.807) is 31.2 Å². The van der Waals surface area contributed by atoms with Crippen LogP contribution in [0.15, 0.2) is 24.3 Å². The molecule has 2 fully saturated rings. The van der Waals surface area contributed by atoms with E-state index >= 15 is 0 Å². The molecule has 8 nitrogen and oxygen atoms in total. The van der Waals surface area contributed by atoms with Gasteiger partial charge in [-0.25, -0.2) is 4.79 Å². The summed E-state index contributed by atoms with van der Waals surface area (Å²) in [6, 6.07) is 6.48. The summed E-state index contributed by atoms with van der Waals surface area (Å²) in [5.41, 5.74) is 0.555. The Kier molecular flexibility index (Phi) is 8.70. The van der Waals surface area contributed by atoms with Crippen LogP contribution in [0.2, 0.25) is 0 Å². The highest BCUT2D eigenvalue weighted by Crippen LogP contribution is 2.21. The van der Waals surface area contributed by atoms with Crippen LogP contribution in [0.5, 0.6) is 5.75 Å². The van der Waals surface area contributed by atoms with Gasteiger partial charge in [-0.05, 0) is 68.7 Å². The molecule has 0 radical (unpaired) electrons. The van der Waals surface area contributed by atoms with Crippen LogP contribution in [0.25, 0.3) is 0 Å². The molecule has 0 spiro atoms. The van der Waals surface area contributed by atoms with Gasteiger partial charge in [-0.15, -0.1) is 0 Å². The summed E-state index contributed by atoms with van der Waals surface area (Å²) in [4.78, 5) is 38.1. The Morgan fingerprint density at radius 1 is 1.03 bits per heavy atom. The Hall–Kier alpha value is -2.61. The maximum atomic E-state index is 12.7. The first-order valence-corrected chi connectivity index (χ1v) is 11.1. The van der Waals surface area contributed by atoms with Crippen molar-refractivity contribution in [3.8, 4) is 5.75 Å². The fourth-order valence-corrected chi connectivity index (χ4v) is 3.97. The molecule has 3 rings (SSSR count). The van der Waals surface area contributed by atoms with Crippen molar-refractivity contribution < 1.29 is 28.6 Å². The molecule has 0 aliphatic carbocycles. The van der Waals surface area contributed by atoms with Gasteiger partial charge in [0.15, 0.2) is 0 Å². The van der Waals surface area contributed by atoms with Gasteiger partial charge in [-0.1, -0.05) is 0 Å². The molecule has 170 valence electrons. The van der Waals surface area contributed by atoms with Gasteiger partial charge < -0.3 is 24.4 Å². The number of rotatable bonds is 7. The van der Waals surface area contributed by atoms with Crippen molar-refractivity contribution in [2.24, 2.45) is 11.8 Å². The maximum absolute atomic E-state index is 12.7. The Morgan fingerprint density at radius 3 is 2.35 bits per heavy atom. The number of ether oxygens (including phenoxy) is 3. The van der Waals surface area contributed by atoms with Crippen molar-refractivity contribution in [1.29, 1.82) is 0 Å². The van der Waals surface area contributed by atoms with Crippen molar-refractivity contribution in [2.75, 3.05) is 39.5 Å². The average molecular weight is 433 g/mol. The molecule has 0 saturated carbocycles. The lowest BCUT2D eigenvalue weighted by molar-refractivity contribution is -0.122. The Labute approximate surface area is 183 Å². The van der Waals surface area contributed by atoms with E-state index in [4.69, 9.17) is 14.2 Å². The topological polar surface area (TPSA) is 94.2 Å². The molecule has 2 heterocycles.